The van der Waals surface area contributed by atoms with Crippen LogP contribution in [-0.4, -0.2) is 24.5 Å². The monoisotopic (exact) mass is 238 g/mol. The van der Waals surface area contributed by atoms with Crippen molar-refractivity contribution in [1.82, 2.24) is 4.90 Å². The molecule has 1 aromatic rings. The van der Waals surface area contributed by atoms with E-state index in [1.807, 2.05) is 11.3 Å². The SMILES string of the molecule is CN1CCC(N)CC1c1cc2c(s1)COC2. The molecule has 0 aliphatic carbocycles. The van der Waals surface area contributed by atoms with Crippen LogP contribution >= 0.6 is 11.3 Å². The van der Waals surface area contributed by atoms with Crippen LogP contribution in [0, 0.1) is 0 Å². The van der Waals surface area contributed by atoms with Gasteiger partial charge in [-0.25, -0.2) is 0 Å². The summed E-state index contributed by atoms with van der Waals surface area (Å²) in [4.78, 5) is 5.33. The van der Waals surface area contributed by atoms with Gasteiger partial charge in [-0.05, 0) is 38.1 Å². The Hall–Kier alpha value is -0.420. The summed E-state index contributed by atoms with van der Waals surface area (Å²) in [7, 11) is 2.21. The molecule has 16 heavy (non-hydrogen) atoms. The number of ether oxygens (including phenoxy) is 1. The van der Waals surface area contributed by atoms with Gasteiger partial charge in [-0.15, -0.1) is 11.3 Å². The Kier molecular flexibility index (Phi) is 2.75. The van der Waals surface area contributed by atoms with E-state index >= 15 is 0 Å². The van der Waals surface area contributed by atoms with Gasteiger partial charge < -0.3 is 10.5 Å². The summed E-state index contributed by atoms with van der Waals surface area (Å²) in [5, 5.41) is 0. The van der Waals surface area contributed by atoms with Crippen LogP contribution in [0.15, 0.2) is 6.07 Å². The van der Waals surface area contributed by atoms with Crippen molar-refractivity contribution < 1.29 is 4.74 Å². The van der Waals surface area contributed by atoms with E-state index in [2.05, 4.69) is 18.0 Å². The lowest BCUT2D eigenvalue weighted by Crippen LogP contribution is -2.39. The number of hydrogen-bond donors (Lipinski definition) is 1. The second-order valence-corrected chi connectivity index (χ2v) is 6.04. The van der Waals surface area contributed by atoms with Crippen molar-refractivity contribution in [3.8, 4) is 0 Å². The van der Waals surface area contributed by atoms with Gasteiger partial charge in [0, 0.05) is 21.8 Å². The van der Waals surface area contributed by atoms with Crippen LogP contribution in [0.5, 0.6) is 0 Å². The molecule has 0 saturated carbocycles. The topological polar surface area (TPSA) is 38.5 Å². The molecule has 3 rings (SSSR count). The van der Waals surface area contributed by atoms with Crippen molar-refractivity contribution in [3.63, 3.8) is 0 Å². The zero-order valence-corrected chi connectivity index (χ0v) is 10.4. The minimum Gasteiger partial charge on any atom is -0.371 e. The highest BCUT2D eigenvalue weighted by molar-refractivity contribution is 7.12. The first kappa shape index (κ1) is 10.7. The highest BCUT2D eigenvalue weighted by atomic mass is 32.1. The van der Waals surface area contributed by atoms with Gasteiger partial charge in [-0.3, -0.25) is 4.90 Å². The zero-order chi connectivity index (χ0) is 11.1. The third kappa shape index (κ3) is 1.80. The van der Waals surface area contributed by atoms with Gasteiger partial charge in [0.05, 0.1) is 13.2 Å². The van der Waals surface area contributed by atoms with E-state index in [9.17, 15) is 0 Å². The molecule has 2 unspecified atom stereocenters. The molecule has 2 N–H and O–H groups in total. The van der Waals surface area contributed by atoms with Gasteiger partial charge in [0.1, 0.15) is 0 Å². The summed E-state index contributed by atoms with van der Waals surface area (Å²) >= 11 is 1.91. The average molecular weight is 238 g/mol. The molecule has 2 atom stereocenters. The van der Waals surface area contributed by atoms with E-state index in [0.717, 1.165) is 32.6 Å². The van der Waals surface area contributed by atoms with Gasteiger partial charge >= 0.3 is 0 Å². The molecule has 3 nitrogen and oxygen atoms in total. The minimum absolute atomic E-state index is 0.370. The molecular weight excluding hydrogens is 220 g/mol. The first-order valence-corrected chi connectivity index (χ1v) is 6.70. The van der Waals surface area contributed by atoms with Gasteiger partial charge in [0.15, 0.2) is 0 Å². The number of thiophene rings is 1. The van der Waals surface area contributed by atoms with Crippen LogP contribution in [-0.2, 0) is 18.0 Å². The maximum Gasteiger partial charge on any atom is 0.0817 e. The molecule has 0 radical (unpaired) electrons. The molecule has 0 bridgehead atoms. The lowest BCUT2D eigenvalue weighted by atomic mass is 9.97. The Morgan fingerprint density at radius 3 is 3.19 bits per heavy atom. The van der Waals surface area contributed by atoms with Gasteiger partial charge in [0.25, 0.3) is 0 Å². The molecule has 2 aliphatic rings. The van der Waals surface area contributed by atoms with E-state index in [4.69, 9.17) is 10.5 Å². The molecule has 88 valence electrons. The fourth-order valence-corrected chi connectivity index (χ4v) is 3.88. The van der Waals surface area contributed by atoms with Crippen LogP contribution in [0.4, 0.5) is 0 Å². The summed E-state index contributed by atoms with van der Waals surface area (Å²) in [5.74, 6) is 0. The number of nitrogens with two attached hydrogens (primary N) is 1. The number of rotatable bonds is 1. The van der Waals surface area contributed by atoms with Crippen LogP contribution in [0.1, 0.15) is 34.2 Å². The zero-order valence-electron chi connectivity index (χ0n) is 9.61. The maximum atomic E-state index is 6.07. The van der Waals surface area contributed by atoms with Crippen molar-refractivity contribution in [3.05, 3.63) is 21.4 Å². The van der Waals surface area contributed by atoms with Crippen molar-refractivity contribution in [1.29, 1.82) is 0 Å². The molecule has 1 saturated heterocycles. The Bertz CT molecular complexity index is 369. The summed E-state index contributed by atoms with van der Waals surface area (Å²) in [6.07, 6.45) is 2.22. The fraction of sp³-hybridized carbons (Fsp3) is 0.667. The second kappa shape index (κ2) is 4.11. The molecule has 2 aliphatic heterocycles. The molecule has 0 amide bonds. The van der Waals surface area contributed by atoms with Crippen LogP contribution in [0.3, 0.4) is 0 Å². The molecule has 1 fully saturated rings. The van der Waals surface area contributed by atoms with Gasteiger partial charge in [-0.2, -0.15) is 0 Å². The van der Waals surface area contributed by atoms with Crippen molar-refractivity contribution in [2.45, 2.75) is 38.1 Å². The molecule has 4 heteroatoms. The van der Waals surface area contributed by atoms with Crippen molar-refractivity contribution in [2.75, 3.05) is 13.6 Å². The van der Waals surface area contributed by atoms with Gasteiger partial charge in [-0.1, -0.05) is 0 Å². The van der Waals surface area contributed by atoms with E-state index in [1.54, 1.807) is 0 Å². The molecule has 0 spiro atoms. The average Bonchev–Trinajstić information content (AvgIpc) is 2.81. The number of fused-ring (bicyclic) bond motifs is 1. The number of piperidine rings is 1. The standard InChI is InChI=1S/C12H18N2OS/c1-14-3-2-9(13)5-10(14)11-4-8-6-15-7-12(8)16-11/h4,9-10H,2-3,5-7,13H2,1H3. The Labute approximate surface area is 100 Å². The summed E-state index contributed by atoms with van der Waals surface area (Å²) in [6.45, 7) is 2.72. The highest BCUT2D eigenvalue weighted by Crippen LogP contribution is 2.38. The first-order valence-electron chi connectivity index (χ1n) is 5.89. The Morgan fingerprint density at radius 1 is 1.50 bits per heavy atom. The smallest absolute Gasteiger partial charge is 0.0817 e. The third-order valence-electron chi connectivity index (χ3n) is 3.65. The Balaban J connectivity index is 1.84. The molecular formula is C12H18N2OS. The number of likely N-dealkylation sites (tertiary alicyclic amines) is 1. The largest absolute Gasteiger partial charge is 0.371 e. The number of hydrogen-bond acceptors (Lipinski definition) is 4. The van der Waals surface area contributed by atoms with Crippen molar-refractivity contribution in [2.24, 2.45) is 5.73 Å². The lowest BCUT2D eigenvalue weighted by Gasteiger charge is -2.35. The minimum atomic E-state index is 0.370. The first-order chi connectivity index (χ1) is 7.74. The maximum absolute atomic E-state index is 6.07. The lowest BCUT2D eigenvalue weighted by molar-refractivity contribution is 0.135. The molecule has 0 aromatic carbocycles. The van der Waals surface area contributed by atoms with E-state index < -0.39 is 0 Å². The Morgan fingerprint density at radius 2 is 2.38 bits per heavy atom. The number of nitrogens with zero attached hydrogens (tertiary/aromatic N) is 1. The van der Waals surface area contributed by atoms with Gasteiger partial charge in [0.2, 0.25) is 0 Å². The second-order valence-electron chi connectivity index (χ2n) is 4.87. The normalized spacial score (nSPS) is 30.6. The highest BCUT2D eigenvalue weighted by Gasteiger charge is 2.28. The summed E-state index contributed by atoms with van der Waals surface area (Å²) < 4.78 is 5.42. The third-order valence-corrected chi connectivity index (χ3v) is 4.90. The quantitative estimate of drug-likeness (QED) is 0.812. The van der Waals surface area contributed by atoms with E-state index in [0.29, 0.717) is 12.1 Å². The molecule has 1 aromatic heterocycles. The molecule has 3 heterocycles. The summed E-state index contributed by atoms with van der Waals surface area (Å²) in [6, 6.07) is 3.22. The fourth-order valence-electron chi connectivity index (χ4n) is 2.59. The van der Waals surface area contributed by atoms with E-state index in [-0.39, 0.29) is 0 Å². The van der Waals surface area contributed by atoms with E-state index in [1.165, 1.54) is 15.3 Å². The predicted molar refractivity (Wildman–Crippen MR) is 65.4 cm³/mol. The predicted octanol–water partition coefficient (Wildman–Crippen LogP) is 1.87. The van der Waals surface area contributed by atoms with Crippen molar-refractivity contribution >= 4 is 11.3 Å². The van der Waals surface area contributed by atoms with Crippen LogP contribution < -0.4 is 5.73 Å². The van der Waals surface area contributed by atoms with Crippen LogP contribution in [0.2, 0.25) is 0 Å². The van der Waals surface area contributed by atoms with Crippen LogP contribution in [0.25, 0.3) is 0 Å². The summed E-state index contributed by atoms with van der Waals surface area (Å²) in [5.41, 5.74) is 7.47.